The second-order valence-corrected chi connectivity index (χ2v) is 8.37. The number of methoxy groups -OCH3 is 2. The largest absolute Gasteiger partial charge is 0.493 e. The van der Waals surface area contributed by atoms with Crippen molar-refractivity contribution < 1.29 is 19.0 Å². The van der Waals surface area contributed by atoms with E-state index in [1.807, 2.05) is 78.2 Å². The van der Waals surface area contributed by atoms with Crippen LogP contribution in [0.5, 0.6) is 17.4 Å². The molecule has 0 aliphatic carbocycles. The molecule has 0 N–H and O–H groups in total. The number of ether oxygens (including phenoxy) is 3. The van der Waals surface area contributed by atoms with E-state index in [9.17, 15) is 4.79 Å². The Labute approximate surface area is 197 Å². The third kappa shape index (κ3) is 5.79. The molecule has 0 radical (unpaired) electrons. The van der Waals surface area contributed by atoms with Crippen molar-refractivity contribution in [1.82, 2.24) is 4.98 Å². The SMILES string of the molecule is COc1ccc(CCOc2cccc(-c3cccc(CC(=O)c4cccs4)c3)n2)cc1OC. The van der Waals surface area contributed by atoms with Crippen molar-refractivity contribution in [2.45, 2.75) is 12.8 Å². The number of hydrogen-bond donors (Lipinski definition) is 0. The number of Topliss-reactive ketones (excluding diaryl/α,β-unsaturated/α-hetero) is 1. The highest BCUT2D eigenvalue weighted by Crippen LogP contribution is 2.28. The number of pyridine rings is 1. The monoisotopic (exact) mass is 459 g/mol. The summed E-state index contributed by atoms with van der Waals surface area (Å²) >= 11 is 1.47. The molecule has 0 saturated carbocycles. The number of rotatable bonds is 10. The highest BCUT2D eigenvalue weighted by molar-refractivity contribution is 7.12. The van der Waals surface area contributed by atoms with Crippen LogP contribution in [0.15, 0.2) is 78.2 Å². The molecule has 0 fully saturated rings. The molecule has 5 nitrogen and oxygen atoms in total. The fourth-order valence-corrected chi connectivity index (χ4v) is 4.18. The summed E-state index contributed by atoms with van der Waals surface area (Å²) in [5.41, 5.74) is 3.82. The first kappa shape index (κ1) is 22.6. The minimum Gasteiger partial charge on any atom is -0.493 e. The minimum atomic E-state index is 0.127. The summed E-state index contributed by atoms with van der Waals surface area (Å²) < 4.78 is 16.6. The first-order valence-corrected chi connectivity index (χ1v) is 11.5. The molecule has 0 bridgehead atoms. The zero-order valence-electron chi connectivity index (χ0n) is 18.6. The van der Waals surface area contributed by atoms with Gasteiger partial charge in [-0.3, -0.25) is 4.79 Å². The van der Waals surface area contributed by atoms with Crippen LogP contribution in [0.4, 0.5) is 0 Å². The third-order valence-corrected chi connectivity index (χ3v) is 6.11. The van der Waals surface area contributed by atoms with Crippen molar-refractivity contribution in [2.24, 2.45) is 0 Å². The topological polar surface area (TPSA) is 57.7 Å². The molecule has 33 heavy (non-hydrogen) atoms. The van der Waals surface area contributed by atoms with Gasteiger partial charge >= 0.3 is 0 Å². The molecule has 0 atom stereocenters. The van der Waals surface area contributed by atoms with Gasteiger partial charge in [0.15, 0.2) is 17.3 Å². The lowest BCUT2D eigenvalue weighted by Crippen LogP contribution is -2.04. The van der Waals surface area contributed by atoms with E-state index in [1.54, 1.807) is 14.2 Å². The first-order valence-electron chi connectivity index (χ1n) is 10.6. The Morgan fingerprint density at radius 2 is 1.73 bits per heavy atom. The van der Waals surface area contributed by atoms with Crippen LogP contribution in [0.3, 0.4) is 0 Å². The van der Waals surface area contributed by atoms with E-state index in [-0.39, 0.29) is 5.78 Å². The predicted molar refractivity (Wildman–Crippen MR) is 131 cm³/mol. The van der Waals surface area contributed by atoms with Crippen LogP contribution in [-0.2, 0) is 12.8 Å². The zero-order chi connectivity index (χ0) is 23.0. The number of thiophene rings is 1. The van der Waals surface area contributed by atoms with Crippen molar-refractivity contribution in [1.29, 1.82) is 0 Å². The second-order valence-electron chi connectivity index (χ2n) is 7.43. The molecule has 2 heterocycles. The van der Waals surface area contributed by atoms with Gasteiger partial charge in [-0.05, 0) is 46.8 Å². The van der Waals surface area contributed by atoms with Crippen LogP contribution < -0.4 is 14.2 Å². The number of ketones is 1. The summed E-state index contributed by atoms with van der Waals surface area (Å²) in [5.74, 6) is 2.10. The van der Waals surface area contributed by atoms with E-state index >= 15 is 0 Å². The number of aromatic nitrogens is 1. The number of benzene rings is 2. The highest BCUT2D eigenvalue weighted by atomic mass is 32.1. The quantitative estimate of drug-likeness (QED) is 0.278. The molecular weight excluding hydrogens is 434 g/mol. The van der Waals surface area contributed by atoms with Crippen molar-refractivity contribution in [3.05, 3.63) is 94.2 Å². The maximum absolute atomic E-state index is 12.4. The lowest BCUT2D eigenvalue weighted by molar-refractivity contribution is 0.0997. The molecule has 0 saturated heterocycles. The number of nitrogens with zero attached hydrogens (tertiary/aromatic N) is 1. The Morgan fingerprint density at radius 3 is 2.52 bits per heavy atom. The van der Waals surface area contributed by atoms with Crippen LogP contribution in [0.1, 0.15) is 20.8 Å². The average Bonchev–Trinajstić information content (AvgIpc) is 3.40. The molecule has 0 amide bonds. The molecule has 6 heteroatoms. The van der Waals surface area contributed by atoms with Crippen LogP contribution in [-0.4, -0.2) is 31.6 Å². The van der Waals surface area contributed by atoms with Crippen molar-refractivity contribution in [3.63, 3.8) is 0 Å². The fraction of sp³-hybridized carbons (Fsp3) is 0.185. The Bertz CT molecular complexity index is 1220. The van der Waals surface area contributed by atoms with E-state index in [0.29, 0.717) is 36.8 Å². The second kappa shape index (κ2) is 10.8. The Balaban J connectivity index is 1.40. The van der Waals surface area contributed by atoms with Gasteiger partial charge in [-0.2, -0.15) is 0 Å². The van der Waals surface area contributed by atoms with Crippen LogP contribution in [0, 0.1) is 0 Å². The zero-order valence-corrected chi connectivity index (χ0v) is 19.4. The van der Waals surface area contributed by atoms with Gasteiger partial charge in [-0.25, -0.2) is 4.98 Å². The lowest BCUT2D eigenvalue weighted by atomic mass is 10.0. The van der Waals surface area contributed by atoms with Gasteiger partial charge in [0.05, 0.1) is 31.4 Å². The van der Waals surface area contributed by atoms with Crippen molar-refractivity contribution in [3.8, 4) is 28.6 Å². The van der Waals surface area contributed by atoms with E-state index in [1.165, 1.54) is 11.3 Å². The van der Waals surface area contributed by atoms with Gasteiger partial charge in [-0.1, -0.05) is 36.4 Å². The summed E-state index contributed by atoms with van der Waals surface area (Å²) in [7, 11) is 3.25. The molecule has 168 valence electrons. The Morgan fingerprint density at radius 1 is 0.879 bits per heavy atom. The van der Waals surface area contributed by atoms with Gasteiger partial charge in [-0.15, -0.1) is 11.3 Å². The maximum Gasteiger partial charge on any atom is 0.213 e. The van der Waals surface area contributed by atoms with Gasteiger partial charge < -0.3 is 14.2 Å². The molecule has 0 aliphatic rings. The van der Waals surface area contributed by atoms with E-state index in [4.69, 9.17) is 14.2 Å². The molecule has 2 aromatic carbocycles. The average molecular weight is 460 g/mol. The van der Waals surface area contributed by atoms with Gasteiger partial charge in [0.25, 0.3) is 0 Å². The maximum atomic E-state index is 12.4. The number of carbonyl (C=O) groups excluding carboxylic acids is 1. The van der Waals surface area contributed by atoms with Gasteiger partial charge in [0, 0.05) is 24.5 Å². The molecule has 0 aliphatic heterocycles. The predicted octanol–water partition coefficient (Wildman–Crippen LogP) is 5.87. The van der Waals surface area contributed by atoms with Crippen LogP contribution >= 0.6 is 11.3 Å². The van der Waals surface area contributed by atoms with Crippen LogP contribution in [0.25, 0.3) is 11.3 Å². The highest BCUT2D eigenvalue weighted by Gasteiger charge is 2.10. The molecule has 4 rings (SSSR count). The summed E-state index contributed by atoms with van der Waals surface area (Å²) in [6.45, 7) is 0.487. The van der Waals surface area contributed by atoms with Gasteiger partial charge in [0.1, 0.15) is 0 Å². The normalized spacial score (nSPS) is 10.6. The minimum absolute atomic E-state index is 0.127. The summed E-state index contributed by atoms with van der Waals surface area (Å²) in [4.78, 5) is 17.9. The van der Waals surface area contributed by atoms with E-state index in [0.717, 1.165) is 27.3 Å². The summed E-state index contributed by atoms with van der Waals surface area (Å²) in [6, 6.07) is 23.3. The summed E-state index contributed by atoms with van der Waals surface area (Å²) in [6.07, 6.45) is 1.09. The van der Waals surface area contributed by atoms with Crippen LogP contribution in [0.2, 0.25) is 0 Å². The molecule has 4 aromatic rings. The first-order chi connectivity index (χ1) is 16.2. The van der Waals surface area contributed by atoms with E-state index < -0.39 is 0 Å². The third-order valence-electron chi connectivity index (χ3n) is 5.20. The molecule has 0 unspecified atom stereocenters. The van der Waals surface area contributed by atoms with Crippen molar-refractivity contribution >= 4 is 17.1 Å². The van der Waals surface area contributed by atoms with Crippen molar-refractivity contribution in [2.75, 3.05) is 20.8 Å². The molecule has 2 aromatic heterocycles. The molecular formula is C27H25NO4S. The molecule has 0 spiro atoms. The van der Waals surface area contributed by atoms with Gasteiger partial charge in [0.2, 0.25) is 5.88 Å². The number of carbonyl (C=O) groups is 1. The lowest BCUT2D eigenvalue weighted by Gasteiger charge is -2.11. The smallest absolute Gasteiger partial charge is 0.213 e. The van der Waals surface area contributed by atoms with E-state index in [2.05, 4.69) is 4.98 Å². The Kier molecular flexibility index (Phi) is 7.37. The number of hydrogen-bond acceptors (Lipinski definition) is 6. The fourth-order valence-electron chi connectivity index (χ4n) is 3.52. The standard InChI is InChI=1S/C27H25NO4S/c1-30-24-12-11-19(18-25(24)31-2)13-14-32-27-10-4-8-22(28-27)21-7-3-6-20(16-21)17-23(29)26-9-5-15-33-26/h3-12,15-16,18H,13-14,17H2,1-2H3. The Hall–Kier alpha value is -3.64. The summed E-state index contributed by atoms with van der Waals surface area (Å²) in [5, 5.41) is 1.92.